The average molecular weight is 279 g/mol. The number of hydrogen-bond acceptors (Lipinski definition) is 4. The van der Waals surface area contributed by atoms with Gasteiger partial charge < -0.3 is 10.3 Å². The van der Waals surface area contributed by atoms with Crippen molar-refractivity contribution in [1.82, 2.24) is 14.5 Å². The van der Waals surface area contributed by atoms with Gasteiger partial charge in [0.2, 0.25) is 5.95 Å². The van der Waals surface area contributed by atoms with Crippen molar-refractivity contribution in [2.24, 2.45) is 0 Å². The van der Waals surface area contributed by atoms with Gasteiger partial charge in [-0.2, -0.15) is 0 Å². The molecule has 0 aliphatic heterocycles. The Balaban J connectivity index is 2.10. The van der Waals surface area contributed by atoms with Crippen molar-refractivity contribution in [2.45, 2.75) is 13.5 Å². The summed E-state index contributed by atoms with van der Waals surface area (Å²) in [6, 6.07) is 5.56. The number of rotatable bonds is 2. The molecular formula is C12H11ClN4S. The molecule has 92 valence electrons. The molecule has 0 aliphatic carbocycles. The summed E-state index contributed by atoms with van der Waals surface area (Å²) in [5.41, 5.74) is 7.73. The number of nitrogens with two attached hydrogens (primary N) is 1. The normalized spacial score (nSPS) is 11.2. The Bertz CT molecular complexity index is 716. The summed E-state index contributed by atoms with van der Waals surface area (Å²) in [6.45, 7) is 2.66. The van der Waals surface area contributed by atoms with E-state index in [9.17, 15) is 0 Å². The van der Waals surface area contributed by atoms with Gasteiger partial charge in [0, 0.05) is 16.1 Å². The summed E-state index contributed by atoms with van der Waals surface area (Å²) < 4.78 is 1.93. The zero-order valence-electron chi connectivity index (χ0n) is 9.72. The summed E-state index contributed by atoms with van der Waals surface area (Å²) in [7, 11) is 0. The first-order valence-corrected chi connectivity index (χ1v) is 6.65. The third-order valence-corrected chi connectivity index (χ3v) is 3.83. The van der Waals surface area contributed by atoms with Crippen LogP contribution in [0.15, 0.2) is 24.4 Å². The summed E-state index contributed by atoms with van der Waals surface area (Å²) in [5, 5.41) is 1.69. The van der Waals surface area contributed by atoms with Gasteiger partial charge in [-0.15, -0.1) is 11.3 Å². The van der Waals surface area contributed by atoms with Gasteiger partial charge in [-0.3, -0.25) is 0 Å². The molecule has 0 unspecified atom stereocenters. The predicted octanol–water partition coefficient (Wildman–Crippen LogP) is 3.09. The zero-order chi connectivity index (χ0) is 12.7. The lowest BCUT2D eigenvalue weighted by molar-refractivity contribution is 0.829. The highest BCUT2D eigenvalue weighted by Crippen LogP contribution is 2.23. The molecule has 1 aromatic carbocycles. The number of anilines is 1. The highest BCUT2D eigenvalue weighted by atomic mass is 35.5. The van der Waals surface area contributed by atoms with Crippen LogP contribution in [0.1, 0.15) is 9.88 Å². The minimum atomic E-state index is 0.486. The van der Waals surface area contributed by atoms with E-state index < -0.39 is 0 Å². The number of nitrogen functional groups attached to an aromatic ring is 1. The van der Waals surface area contributed by atoms with E-state index >= 15 is 0 Å². The molecule has 0 amide bonds. The number of aromatic nitrogens is 3. The van der Waals surface area contributed by atoms with E-state index in [-0.39, 0.29) is 0 Å². The minimum Gasteiger partial charge on any atom is -0.369 e. The van der Waals surface area contributed by atoms with Gasteiger partial charge in [0.25, 0.3) is 0 Å². The molecule has 6 heteroatoms. The number of aryl methyl sites for hydroxylation is 1. The first-order valence-electron chi connectivity index (χ1n) is 5.46. The molecule has 0 saturated carbocycles. The maximum atomic E-state index is 6.01. The fourth-order valence-electron chi connectivity index (χ4n) is 1.89. The molecule has 18 heavy (non-hydrogen) atoms. The summed E-state index contributed by atoms with van der Waals surface area (Å²) in [4.78, 5) is 9.84. The van der Waals surface area contributed by atoms with E-state index in [4.69, 9.17) is 17.3 Å². The number of hydrogen-bond donors (Lipinski definition) is 1. The fourth-order valence-corrected chi connectivity index (χ4v) is 2.83. The second kappa shape index (κ2) is 4.26. The van der Waals surface area contributed by atoms with Gasteiger partial charge in [0.1, 0.15) is 5.01 Å². The fraction of sp³-hybridized carbons (Fsp3) is 0.167. The summed E-state index contributed by atoms with van der Waals surface area (Å²) >= 11 is 7.67. The van der Waals surface area contributed by atoms with Gasteiger partial charge in [0.15, 0.2) is 0 Å². The molecule has 3 rings (SSSR count). The molecule has 2 heterocycles. The van der Waals surface area contributed by atoms with Crippen LogP contribution in [0.2, 0.25) is 5.02 Å². The largest absolute Gasteiger partial charge is 0.369 e. The lowest BCUT2D eigenvalue weighted by Gasteiger charge is -2.03. The lowest BCUT2D eigenvalue weighted by Crippen LogP contribution is -2.04. The van der Waals surface area contributed by atoms with Crippen LogP contribution >= 0.6 is 22.9 Å². The van der Waals surface area contributed by atoms with Crippen LogP contribution < -0.4 is 5.73 Å². The smallest absolute Gasteiger partial charge is 0.201 e. The van der Waals surface area contributed by atoms with Crippen molar-refractivity contribution in [1.29, 1.82) is 0 Å². The van der Waals surface area contributed by atoms with Gasteiger partial charge in [-0.1, -0.05) is 11.6 Å². The molecule has 2 N–H and O–H groups in total. The number of thiazole rings is 1. The highest BCUT2D eigenvalue weighted by Gasteiger charge is 2.10. The molecule has 0 saturated heterocycles. The second-order valence-corrected chi connectivity index (χ2v) is 5.81. The van der Waals surface area contributed by atoms with Crippen molar-refractivity contribution in [3.63, 3.8) is 0 Å². The Labute approximate surface area is 113 Å². The van der Waals surface area contributed by atoms with Crippen LogP contribution in [-0.4, -0.2) is 14.5 Å². The van der Waals surface area contributed by atoms with Crippen LogP contribution in [0.5, 0.6) is 0 Å². The third-order valence-electron chi connectivity index (χ3n) is 2.70. The van der Waals surface area contributed by atoms with E-state index in [0.717, 1.165) is 16.0 Å². The molecular weight excluding hydrogens is 268 g/mol. The van der Waals surface area contributed by atoms with Crippen molar-refractivity contribution in [2.75, 3.05) is 5.73 Å². The monoisotopic (exact) mass is 278 g/mol. The van der Waals surface area contributed by atoms with E-state index in [1.807, 2.05) is 35.9 Å². The van der Waals surface area contributed by atoms with E-state index in [1.165, 1.54) is 4.88 Å². The minimum absolute atomic E-state index is 0.486. The molecule has 0 radical (unpaired) electrons. The van der Waals surface area contributed by atoms with Gasteiger partial charge in [-0.25, -0.2) is 9.97 Å². The van der Waals surface area contributed by atoms with Crippen LogP contribution in [0, 0.1) is 6.92 Å². The SMILES string of the molecule is Cc1cnc(Cn2c(N)nc3ccc(Cl)cc32)s1. The van der Waals surface area contributed by atoms with Gasteiger partial charge >= 0.3 is 0 Å². The highest BCUT2D eigenvalue weighted by molar-refractivity contribution is 7.11. The standard InChI is InChI=1S/C12H11ClN4S/c1-7-5-15-11(18-7)6-17-10-4-8(13)2-3-9(10)16-12(17)14/h2-5H,6H2,1H3,(H2,14,16). The Hall–Kier alpha value is -1.59. The third kappa shape index (κ3) is 1.95. The van der Waals surface area contributed by atoms with Crippen LogP contribution in [0.4, 0.5) is 5.95 Å². The molecule has 0 fully saturated rings. The molecule has 0 spiro atoms. The molecule has 0 atom stereocenters. The van der Waals surface area contributed by atoms with Crippen molar-refractivity contribution in [3.8, 4) is 0 Å². The van der Waals surface area contributed by atoms with Crippen LogP contribution in [-0.2, 0) is 6.54 Å². The topological polar surface area (TPSA) is 56.7 Å². The number of fused-ring (bicyclic) bond motifs is 1. The Kier molecular flexibility index (Phi) is 2.72. The Morgan fingerprint density at radius 1 is 1.44 bits per heavy atom. The van der Waals surface area contributed by atoms with Crippen LogP contribution in [0.3, 0.4) is 0 Å². The first-order chi connectivity index (χ1) is 8.63. The molecule has 0 aliphatic rings. The Morgan fingerprint density at radius 2 is 2.28 bits per heavy atom. The predicted molar refractivity (Wildman–Crippen MR) is 75.1 cm³/mol. The molecule has 0 bridgehead atoms. The van der Waals surface area contributed by atoms with Crippen molar-refractivity contribution < 1.29 is 0 Å². The maximum absolute atomic E-state index is 6.01. The number of benzene rings is 1. The lowest BCUT2D eigenvalue weighted by atomic mass is 10.3. The van der Waals surface area contributed by atoms with Crippen molar-refractivity contribution in [3.05, 3.63) is 39.3 Å². The van der Waals surface area contributed by atoms with Gasteiger partial charge in [-0.05, 0) is 25.1 Å². The van der Waals surface area contributed by atoms with Crippen molar-refractivity contribution >= 4 is 39.9 Å². The maximum Gasteiger partial charge on any atom is 0.201 e. The second-order valence-electron chi connectivity index (χ2n) is 4.05. The van der Waals surface area contributed by atoms with E-state index in [2.05, 4.69) is 9.97 Å². The number of halogens is 1. The number of nitrogens with zero attached hydrogens (tertiary/aromatic N) is 3. The first kappa shape index (κ1) is 11.5. The molecule has 2 aromatic heterocycles. The van der Waals surface area contributed by atoms with Gasteiger partial charge in [0.05, 0.1) is 17.6 Å². The van der Waals surface area contributed by atoms with E-state index in [1.54, 1.807) is 11.3 Å². The van der Waals surface area contributed by atoms with Crippen LogP contribution in [0.25, 0.3) is 11.0 Å². The Morgan fingerprint density at radius 3 is 3.00 bits per heavy atom. The number of imidazole rings is 1. The van der Waals surface area contributed by atoms with E-state index in [0.29, 0.717) is 17.5 Å². The summed E-state index contributed by atoms with van der Waals surface area (Å²) in [6.07, 6.45) is 1.86. The molecule has 3 aromatic rings. The quantitative estimate of drug-likeness (QED) is 0.784. The average Bonchev–Trinajstić information content (AvgIpc) is 2.86. The molecule has 4 nitrogen and oxygen atoms in total. The zero-order valence-corrected chi connectivity index (χ0v) is 11.3. The summed E-state index contributed by atoms with van der Waals surface area (Å²) in [5.74, 6) is 0.486.